The average Bonchev–Trinajstić information content (AvgIpc) is 2.99. The zero-order valence-electron chi connectivity index (χ0n) is 11.5. The molecule has 0 aliphatic rings. The maximum absolute atomic E-state index is 6.32. The lowest BCUT2D eigenvalue weighted by atomic mass is 10.0. The molecule has 0 saturated carbocycles. The predicted octanol–water partition coefficient (Wildman–Crippen LogP) is 2.96. The summed E-state index contributed by atoms with van der Waals surface area (Å²) in [5.74, 6) is 0.846. The van der Waals surface area contributed by atoms with Crippen molar-refractivity contribution in [3.05, 3.63) is 52.8 Å². The minimum absolute atomic E-state index is 0.116. The standard InChI is InChI=1S/C15H17N3OS/c1-10-3-4-12(14(7-10)19-2)13(16)8-11-9-18-5-6-20-15(18)17-11/h3-7,9,13H,8,16H2,1-2H3. The fraction of sp³-hybridized carbons (Fsp3) is 0.267. The van der Waals surface area contributed by atoms with Crippen molar-refractivity contribution in [3.8, 4) is 5.75 Å². The van der Waals surface area contributed by atoms with Gasteiger partial charge in [-0.15, -0.1) is 11.3 Å². The van der Waals surface area contributed by atoms with Crippen molar-refractivity contribution in [3.63, 3.8) is 0 Å². The predicted molar refractivity (Wildman–Crippen MR) is 81.4 cm³/mol. The van der Waals surface area contributed by atoms with Gasteiger partial charge in [-0.2, -0.15) is 0 Å². The Kier molecular flexibility index (Phi) is 3.46. The van der Waals surface area contributed by atoms with Crippen LogP contribution in [-0.2, 0) is 6.42 Å². The molecule has 104 valence electrons. The van der Waals surface area contributed by atoms with Crippen LogP contribution in [0.5, 0.6) is 5.75 Å². The van der Waals surface area contributed by atoms with Gasteiger partial charge in [0.2, 0.25) is 0 Å². The van der Waals surface area contributed by atoms with Crippen molar-refractivity contribution in [1.29, 1.82) is 0 Å². The Morgan fingerprint density at radius 2 is 2.30 bits per heavy atom. The number of nitrogens with zero attached hydrogens (tertiary/aromatic N) is 2. The second kappa shape index (κ2) is 5.26. The summed E-state index contributed by atoms with van der Waals surface area (Å²) in [7, 11) is 1.68. The molecule has 2 heterocycles. The van der Waals surface area contributed by atoms with Gasteiger partial charge in [-0.3, -0.25) is 4.40 Å². The number of nitrogens with two attached hydrogens (primary N) is 1. The number of benzene rings is 1. The van der Waals surface area contributed by atoms with Gasteiger partial charge < -0.3 is 10.5 Å². The lowest BCUT2D eigenvalue weighted by molar-refractivity contribution is 0.405. The van der Waals surface area contributed by atoms with E-state index in [9.17, 15) is 0 Å². The molecular weight excluding hydrogens is 270 g/mol. The fourth-order valence-electron chi connectivity index (χ4n) is 2.33. The Morgan fingerprint density at radius 3 is 3.05 bits per heavy atom. The summed E-state index contributed by atoms with van der Waals surface area (Å²) in [5, 5.41) is 2.02. The Balaban J connectivity index is 1.85. The first-order chi connectivity index (χ1) is 9.67. The number of aryl methyl sites for hydroxylation is 1. The molecule has 0 saturated heterocycles. The highest BCUT2D eigenvalue weighted by Crippen LogP contribution is 2.27. The highest BCUT2D eigenvalue weighted by atomic mass is 32.1. The van der Waals surface area contributed by atoms with Crippen molar-refractivity contribution in [2.75, 3.05) is 7.11 Å². The van der Waals surface area contributed by atoms with Crippen molar-refractivity contribution < 1.29 is 4.74 Å². The van der Waals surface area contributed by atoms with E-state index < -0.39 is 0 Å². The van der Waals surface area contributed by atoms with E-state index in [1.54, 1.807) is 18.4 Å². The summed E-state index contributed by atoms with van der Waals surface area (Å²) in [6.45, 7) is 2.04. The fourth-order valence-corrected chi connectivity index (χ4v) is 3.05. The van der Waals surface area contributed by atoms with E-state index in [2.05, 4.69) is 11.1 Å². The van der Waals surface area contributed by atoms with Crippen LogP contribution in [0, 0.1) is 6.92 Å². The largest absolute Gasteiger partial charge is 0.496 e. The van der Waals surface area contributed by atoms with Crippen LogP contribution in [0.3, 0.4) is 0 Å². The molecule has 20 heavy (non-hydrogen) atoms. The zero-order valence-corrected chi connectivity index (χ0v) is 12.4. The average molecular weight is 287 g/mol. The van der Waals surface area contributed by atoms with Crippen LogP contribution in [-0.4, -0.2) is 16.5 Å². The van der Waals surface area contributed by atoms with Crippen molar-refractivity contribution >= 4 is 16.3 Å². The molecule has 0 spiro atoms. The maximum atomic E-state index is 6.32. The normalized spacial score (nSPS) is 12.8. The molecule has 1 unspecified atom stereocenters. The van der Waals surface area contributed by atoms with E-state index in [1.807, 2.05) is 41.2 Å². The SMILES string of the molecule is COc1cc(C)ccc1C(N)Cc1cn2ccsc2n1. The van der Waals surface area contributed by atoms with E-state index in [0.717, 1.165) is 22.0 Å². The number of hydrogen-bond acceptors (Lipinski definition) is 4. The van der Waals surface area contributed by atoms with Gasteiger partial charge in [0, 0.05) is 35.8 Å². The van der Waals surface area contributed by atoms with E-state index >= 15 is 0 Å². The highest BCUT2D eigenvalue weighted by Gasteiger charge is 2.14. The molecule has 0 aliphatic carbocycles. The quantitative estimate of drug-likeness (QED) is 0.802. The molecular formula is C15H17N3OS. The number of ether oxygens (including phenoxy) is 1. The van der Waals surface area contributed by atoms with Crippen LogP contribution in [0.4, 0.5) is 0 Å². The van der Waals surface area contributed by atoms with E-state index in [4.69, 9.17) is 10.5 Å². The number of hydrogen-bond donors (Lipinski definition) is 1. The molecule has 0 amide bonds. The van der Waals surface area contributed by atoms with Crippen LogP contribution < -0.4 is 10.5 Å². The molecule has 2 N–H and O–H groups in total. The minimum atomic E-state index is -0.116. The molecule has 5 heteroatoms. The summed E-state index contributed by atoms with van der Waals surface area (Å²) in [4.78, 5) is 5.57. The lowest BCUT2D eigenvalue weighted by Gasteiger charge is -2.15. The van der Waals surface area contributed by atoms with Gasteiger partial charge in [0.1, 0.15) is 5.75 Å². The lowest BCUT2D eigenvalue weighted by Crippen LogP contribution is -2.14. The summed E-state index contributed by atoms with van der Waals surface area (Å²) >= 11 is 1.63. The first-order valence-corrected chi connectivity index (χ1v) is 7.36. The number of aromatic nitrogens is 2. The molecule has 2 aromatic heterocycles. The van der Waals surface area contributed by atoms with Gasteiger partial charge >= 0.3 is 0 Å². The molecule has 3 aromatic rings. The number of methoxy groups -OCH3 is 1. The molecule has 1 atom stereocenters. The van der Waals surface area contributed by atoms with Gasteiger partial charge in [0.05, 0.1) is 12.8 Å². The number of rotatable bonds is 4. The minimum Gasteiger partial charge on any atom is -0.496 e. The van der Waals surface area contributed by atoms with Gasteiger partial charge in [-0.1, -0.05) is 12.1 Å². The second-order valence-electron chi connectivity index (χ2n) is 4.88. The summed E-state index contributed by atoms with van der Waals surface area (Å²) in [6.07, 6.45) is 4.74. The topological polar surface area (TPSA) is 52.5 Å². The van der Waals surface area contributed by atoms with Crippen molar-refractivity contribution in [1.82, 2.24) is 9.38 Å². The van der Waals surface area contributed by atoms with Gasteiger partial charge in [-0.25, -0.2) is 4.98 Å². The van der Waals surface area contributed by atoms with Crippen LogP contribution in [0.2, 0.25) is 0 Å². The Bertz CT molecular complexity index is 703. The van der Waals surface area contributed by atoms with Crippen molar-refractivity contribution in [2.24, 2.45) is 5.73 Å². The van der Waals surface area contributed by atoms with Crippen molar-refractivity contribution in [2.45, 2.75) is 19.4 Å². The van der Waals surface area contributed by atoms with Gasteiger partial charge in [0.15, 0.2) is 4.96 Å². The Hall–Kier alpha value is -1.85. The first-order valence-electron chi connectivity index (χ1n) is 6.48. The van der Waals surface area contributed by atoms with Crippen LogP contribution in [0.15, 0.2) is 36.0 Å². The third-order valence-corrected chi connectivity index (χ3v) is 4.13. The second-order valence-corrected chi connectivity index (χ2v) is 5.75. The van der Waals surface area contributed by atoms with E-state index in [-0.39, 0.29) is 6.04 Å². The van der Waals surface area contributed by atoms with Gasteiger partial charge in [-0.05, 0) is 18.6 Å². The third-order valence-electron chi connectivity index (χ3n) is 3.36. The molecule has 3 rings (SSSR count). The summed E-state index contributed by atoms with van der Waals surface area (Å²) in [5.41, 5.74) is 9.51. The smallest absolute Gasteiger partial charge is 0.193 e. The molecule has 4 nitrogen and oxygen atoms in total. The van der Waals surface area contributed by atoms with Crippen LogP contribution >= 0.6 is 11.3 Å². The first kappa shape index (κ1) is 13.1. The Morgan fingerprint density at radius 1 is 1.45 bits per heavy atom. The van der Waals surface area contributed by atoms with Crippen LogP contribution in [0.25, 0.3) is 4.96 Å². The molecule has 0 bridgehead atoms. The number of imidazole rings is 1. The molecule has 0 aliphatic heterocycles. The van der Waals surface area contributed by atoms with Crippen LogP contribution in [0.1, 0.15) is 22.9 Å². The third kappa shape index (κ3) is 2.42. The number of fused-ring (bicyclic) bond motifs is 1. The monoisotopic (exact) mass is 287 g/mol. The van der Waals surface area contributed by atoms with E-state index in [1.165, 1.54) is 5.56 Å². The number of thiazole rings is 1. The molecule has 0 radical (unpaired) electrons. The maximum Gasteiger partial charge on any atom is 0.193 e. The zero-order chi connectivity index (χ0) is 14.1. The summed E-state index contributed by atoms with van der Waals surface area (Å²) in [6, 6.07) is 6.00. The molecule has 0 fully saturated rings. The highest BCUT2D eigenvalue weighted by molar-refractivity contribution is 7.15. The summed E-state index contributed by atoms with van der Waals surface area (Å²) < 4.78 is 7.45. The van der Waals surface area contributed by atoms with E-state index in [0.29, 0.717) is 6.42 Å². The Labute approximate surface area is 121 Å². The van der Waals surface area contributed by atoms with Gasteiger partial charge in [0.25, 0.3) is 0 Å². The molecule has 1 aromatic carbocycles.